The second kappa shape index (κ2) is 8.88. The van der Waals surface area contributed by atoms with Crippen LogP contribution in [0.4, 0.5) is 0 Å². The Labute approximate surface area is 202 Å². The van der Waals surface area contributed by atoms with E-state index in [1.54, 1.807) is 35.4 Å². The van der Waals surface area contributed by atoms with Crippen molar-refractivity contribution in [3.8, 4) is 11.5 Å². The van der Waals surface area contributed by atoms with E-state index < -0.39 is 5.54 Å². The molecule has 34 heavy (non-hydrogen) atoms. The van der Waals surface area contributed by atoms with E-state index in [-0.39, 0.29) is 11.8 Å². The van der Waals surface area contributed by atoms with Crippen molar-refractivity contribution in [2.75, 3.05) is 0 Å². The van der Waals surface area contributed by atoms with Crippen LogP contribution in [-0.4, -0.2) is 26.8 Å². The Kier molecular flexibility index (Phi) is 5.75. The molecule has 2 aromatic carbocycles. The van der Waals surface area contributed by atoms with Crippen molar-refractivity contribution >= 4 is 23.4 Å². The summed E-state index contributed by atoms with van der Waals surface area (Å²) in [6, 6.07) is 24.3. The maximum absolute atomic E-state index is 13.7. The first-order valence-electron chi connectivity index (χ1n) is 11.1. The maximum atomic E-state index is 13.7. The number of halogens is 1. The van der Waals surface area contributed by atoms with Gasteiger partial charge >= 0.3 is 0 Å². The number of amides is 2. The first-order chi connectivity index (χ1) is 16.5. The summed E-state index contributed by atoms with van der Waals surface area (Å²) >= 11 is 5.98. The van der Waals surface area contributed by atoms with E-state index in [1.165, 1.54) is 0 Å². The molecule has 0 saturated heterocycles. The molecule has 6 nitrogen and oxygen atoms in total. The van der Waals surface area contributed by atoms with Gasteiger partial charge in [-0.3, -0.25) is 9.59 Å². The van der Waals surface area contributed by atoms with Gasteiger partial charge < -0.3 is 19.2 Å². The van der Waals surface area contributed by atoms with Crippen LogP contribution in [0, 0.1) is 0 Å². The lowest BCUT2D eigenvalue weighted by Gasteiger charge is -2.44. The van der Waals surface area contributed by atoms with Crippen LogP contribution in [0.25, 0.3) is 11.5 Å². The third-order valence-corrected chi connectivity index (χ3v) is 6.57. The number of benzene rings is 2. The van der Waals surface area contributed by atoms with Crippen LogP contribution in [0.2, 0.25) is 5.02 Å². The Morgan fingerprint density at radius 2 is 1.71 bits per heavy atom. The summed E-state index contributed by atoms with van der Waals surface area (Å²) in [5.41, 5.74) is 2.07. The lowest BCUT2D eigenvalue weighted by molar-refractivity contribution is -0.133. The molecule has 7 heteroatoms. The first kappa shape index (κ1) is 22.0. The smallest absolute Gasteiger partial charge is 0.271 e. The summed E-state index contributed by atoms with van der Waals surface area (Å²) < 4.78 is 7.47. The number of nitrogens with zero attached hydrogens (tertiary/aromatic N) is 2. The van der Waals surface area contributed by atoms with Crippen LogP contribution < -0.4 is 5.32 Å². The molecule has 0 aliphatic carbocycles. The molecule has 0 spiro atoms. The van der Waals surface area contributed by atoms with Gasteiger partial charge in [-0.15, -0.1) is 0 Å². The number of hydrogen-bond acceptors (Lipinski definition) is 3. The van der Waals surface area contributed by atoms with Gasteiger partial charge in [-0.25, -0.2) is 0 Å². The van der Waals surface area contributed by atoms with Crippen molar-refractivity contribution < 1.29 is 14.0 Å². The Hall–Kier alpha value is -3.77. The molecule has 2 amide bonds. The fourth-order valence-corrected chi connectivity index (χ4v) is 4.53. The summed E-state index contributed by atoms with van der Waals surface area (Å²) in [7, 11) is 0. The van der Waals surface area contributed by atoms with E-state index in [4.69, 9.17) is 16.0 Å². The van der Waals surface area contributed by atoms with Crippen molar-refractivity contribution in [2.45, 2.75) is 32.1 Å². The number of carbonyl (C=O) groups excluding carboxylic acids is 2. The zero-order valence-electron chi connectivity index (χ0n) is 18.7. The second-order valence-corrected chi connectivity index (χ2v) is 9.06. The second-order valence-electron chi connectivity index (χ2n) is 8.63. The molecule has 1 aliphatic heterocycles. The van der Waals surface area contributed by atoms with Gasteiger partial charge in [0, 0.05) is 18.1 Å². The molecule has 4 aromatic rings. The standard InChI is InChI=1S/C27H24ClN3O3/c1-27(26(33)29-16-19-9-11-21(28)12-10-19)18-30-22(24-8-5-15-34-24)13-14-23(30)25(32)31(27)17-20-6-3-2-4-7-20/h2-15H,16-18H2,1H3,(H,29,33)/t27-/m1/s1. The van der Waals surface area contributed by atoms with Crippen LogP contribution in [0.1, 0.15) is 28.5 Å². The highest BCUT2D eigenvalue weighted by Gasteiger charge is 2.47. The average molecular weight is 474 g/mol. The molecule has 2 aromatic heterocycles. The van der Waals surface area contributed by atoms with Crippen LogP contribution >= 0.6 is 11.6 Å². The molecule has 0 radical (unpaired) electrons. The summed E-state index contributed by atoms with van der Waals surface area (Å²) in [5, 5.41) is 3.67. The largest absolute Gasteiger partial charge is 0.463 e. The Morgan fingerprint density at radius 1 is 0.971 bits per heavy atom. The highest BCUT2D eigenvalue weighted by molar-refractivity contribution is 6.30. The van der Waals surface area contributed by atoms with Gasteiger partial charge in [-0.1, -0.05) is 54.1 Å². The zero-order valence-corrected chi connectivity index (χ0v) is 19.5. The number of hydrogen-bond donors (Lipinski definition) is 1. The quantitative estimate of drug-likeness (QED) is 0.422. The van der Waals surface area contributed by atoms with Crippen LogP contribution in [0.3, 0.4) is 0 Å². The molecular weight excluding hydrogens is 450 g/mol. The average Bonchev–Trinajstić information content (AvgIpc) is 3.52. The topological polar surface area (TPSA) is 67.5 Å². The minimum absolute atomic E-state index is 0.197. The summed E-state index contributed by atoms with van der Waals surface area (Å²) in [6.45, 7) is 2.78. The van der Waals surface area contributed by atoms with Crippen molar-refractivity contribution in [2.24, 2.45) is 0 Å². The fraction of sp³-hybridized carbons (Fsp3) is 0.185. The SMILES string of the molecule is C[C@]1(C(=O)NCc2ccc(Cl)cc2)Cn2c(ccc2-c2ccco2)C(=O)N1Cc1ccccc1. The van der Waals surface area contributed by atoms with E-state index in [0.717, 1.165) is 16.8 Å². The predicted molar refractivity (Wildman–Crippen MR) is 130 cm³/mol. The summed E-state index contributed by atoms with van der Waals surface area (Å²) in [5.74, 6) is 0.230. The molecule has 5 rings (SSSR count). The molecule has 0 fully saturated rings. The minimum atomic E-state index is -1.12. The molecule has 3 heterocycles. The molecule has 172 valence electrons. The number of rotatable bonds is 6. The number of furan rings is 1. The summed E-state index contributed by atoms with van der Waals surface area (Å²) in [4.78, 5) is 29.1. The molecule has 1 aliphatic rings. The normalized spacial score (nSPS) is 17.5. The van der Waals surface area contributed by atoms with E-state index >= 15 is 0 Å². The summed E-state index contributed by atoms with van der Waals surface area (Å²) in [6.07, 6.45) is 1.60. The molecule has 1 atom stereocenters. The third kappa shape index (κ3) is 4.01. The van der Waals surface area contributed by atoms with Gasteiger partial charge in [0.25, 0.3) is 5.91 Å². The molecule has 0 unspecified atom stereocenters. The van der Waals surface area contributed by atoms with Gasteiger partial charge in [0.05, 0.1) is 18.5 Å². The molecule has 0 saturated carbocycles. The Morgan fingerprint density at radius 3 is 2.41 bits per heavy atom. The van der Waals surface area contributed by atoms with Crippen molar-refractivity contribution in [1.82, 2.24) is 14.8 Å². The van der Waals surface area contributed by atoms with Gasteiger partial charge in [0.2, 0.25) is 5.91 Å². The van der Waals surface area contributed by atoms with E-state index in [9.17, 15) is 9.59 Å². The first-order valence-corrected chi connectivity index (χ1v) is 11.5. The van der Waals surface area contributed by atoms with Crippen molar-refractivity contribution in [3.05, 3.63) is 107 Å². The van der Waals surface area contributed by atoms with Crippen molar-refractivity contribution in [3.63, 3.8) is 0 Å². The van der Waals surface area contributed by atoms with Crippen LogP contribution in [0.5, 0.6) is 0 Å². The Balaban J connectivity index is 1.50. The lowest BCUT2D eigenvalue weighted by atomic mass is 9.93. The highest BCUT2D eigenvalue weighted by Crippen LogP contribution is 2.34. The molecule has 1 N–H and O–H groups in total. The van der Waals surface area contributed by atoms with Gasteiger partial charge in [-0.05, 0) is 54.4 Å². The third-order valence-electron chi connectivity index (χ3n) is 6.32. The van der Waals surface area contributed by atoms with Crippen LogP contribution in [0.15, 0.2) is 89.5 Å². The minimum Gasteiger partial charge on any atom is -0.463 e. The van der Waals surface area contributed by atoms with Gasteiger partial charge in [0.1, 0.15) is 17.0 Å². The van der Waals surface area contributed by atoms with Gasteiger partial charge in [-0.2, -0.15) is 0 Å². The lowest BCUT2D eigenvalue weighted by Crippen LogP contribution is -2.63. The highest BCUT2D eigenvalue weighted by atomic mass is 35.5. The monoisotopic (exact) mass is 473 g/mol. The van der Waals surface area contributed by atoms with E-state index in [0.29, 0.717) is 36.1 Å². The van der Waals surface area contributed by atoms with E-state index in [1.807, 2.05) is 66.1 Å². The maximum Gasteiger partial charge on any atom is 0.271 e. The number of nitrogens with one attached hydrogen (secondary N) is 1. The van der Waals surface area contributed by atoms with E-state index in [2.05, 4.69) is 5.32 Å². The number of carbonyl (C=O) groups is 2. The van der Waals surface area contributed by atoms with Crippen molar-refractivity contribution in [1.29, 1.82) is 0 Å². The molecule has 0 bridgehead atoms. The Bertz CT molecular complexity index is 1310. The zero-order chi connectivity index (χ0) is 23.7. The predicted octanol–water partition coefficient (Wildman–Crippen LogP) is 5.13. The number of aromatic nitrogens is 1. The number of fused-ring (bicyclic) bond motifs is 1. The van der Waals surface area contributed by atoms with Crippen LogP contribution in [-0.2, 0) is 24.4 Å². The van der Waals surface area contributed by atoms with Gasteiger partial charge in [0.15, 0.2) is 0 Å². The fourth-order valence-electron chi connectivity index (χ4n) is 4.40. The molecular formula is C27H24ClN3O3.